The van der Waals surface area contributed by atoms with Gasteiger partial charge >= 0.3 is 6.18 Å². The summed E-state index contributed by atoms with van der Waals surface area (Å²) in [5.41, 5.74) is -0.543. The zero-order valence-electron chi connectivity index (χ0n) is 15.1. The van der Waals surface area contributed by atoms with Crippen LogP contribution in [0.2, 0.25) is 0 Å². The molecule has 0 aliphatic carbocycles. The lowest BCUT2D eigenvalue weighted by Gasteiger charge is -2.14. The van der Waals surface area contributed by atoms with Gasteiger partial charge in [0, 0.05) is 6.07 Å². The Morgan fingerprint density at radius 1 is 1.03 bits per heavy atom. The quantitative estimate of drug-likeness (QED) is 0.668. The van der Waals surface area contributed by atoms with Crippen molar-refractivity contribution in [2.24, 2.45) is 0 Å². The van der Waals surface area contributed by atoms with Gasteiger partial charge in [-0.15, -0.1) is 0 Å². The van der Waals surface area contributed by atoms with E-state index in [4.69, 9.17) is 5.26 Å². The first-order valence-electron chi connectivity index (χ1n) is 8.37. The van der Waals surface area contributed by atoms with Crippen molar-refractivity contribution in [1.82, 2.24) is 9.97 Å². The highest BCUT2D eigenvalue weighted by atomic mass is 19.4. The third-order valence-electron chi connectivity index (χ3n) is 3.86. The molecule has 0 saturated carbocycles. The minimum Gasteiger partial charge on any atom is -0.340 e. The molecule has 0 saturated heterocycles. The van der Waals surface area contributed by atoms with Gasteiger partial charge in [0.05, 0.1) is 22.5 Å². The molecule has 2 N–H and O–H groups in total. The number of aromatic nitrogens is 2. The maximum Gasteiger partial charge on any atom is 0.418 e. The Kier molecular flexibility index (Phi) is 5.45. The lowest BCUT2D eigenvalue weighted by atomic mass is 10.1. The molecule has 3 aromatic rings. The van der Waals surface area contributed by atoms with Gasteiger partial charge in [0.25, 0.3) is 5.91 Å². The maximum absolute atomic E-state index is 13.2. The number of rotatable bonds is 4. The van der Waals surface area contributed by atoms with Crippen molar-refractivity contribution >= 4 is 23.1 Å². The molecule has 146 valence electrons. The van der Waals surface area contributed by atoms with Crippen molar-refractivity contribution in [2.45, 2.75) is 13.1 Å². The largest absolute Gasteiger partial charge is 0.418 e. The summed E-state index contributed by atoms with van der Waals surface area (Å²) in [4.78, 5) is 20.6. The number of anilines is 3. The first-order valence-corrected chi connectivity index (χ1v) is 8.37. The first-order chi connectivity index (χ1) is 13.8. The van der Waals surface area contributed by atoms with Crippen molar-refractivity contribution in [2.75, 3.05) is 10.6 Å². The Morgan fingerprint density at radius 3 is 2.38 bits per heavy atom. The monoisotopic (exact) mass is 397 g/mol. The lowest BCUT2D eigenvalue weighted by molar-refractivity contribution is -0.136. The average Bonchev–Trinajstić information content (AvgIpc) is 2.67. The van der Waals surface area contributed by atoms with Gasteiger partial charge in [0.15, 0.2) is 0 Å². The predicted molar refractivity (Wildman–Crippen MR) is 101 cm³/mol. The number of amides is 1. The SMILES string of the molecule is Cc1nc(Nc2ccccc2C(F)(F)F)cc(C(=O)Nc2ccccc2C#N)n1. The van der Waals surface area contributed by atoms with Crippen LogP contribution in [-0.2, 0) is 6.18 Å². The van der Waals surface area contributed by atoms with E-state index < -0.39 is 17.6 Å². The minimum absolute atomic E-state index is 0.0351. The van der Waals surface area contributed by atoms with Crippen LogP contribution in [0.4, 0.5) is 30.4 Å². The summed E-state index contributed by atoms with van der Waals surface area (Å²) < 4.78 is 39.6. The topological polar surface area (TPSA) is 90.7 Å². The zero-order valence-corrected chi connectivity index (χ0v) is 15.1. The summed E-state index contributed by atoms with van der Waals surface area (Å²) in [6, 6.07) is 14.6. The van der Waals surface area contributed by atoms with E-state index in [1.54, 1.807) is 24.3 Å². The second kappa shape index (κ2) is 7.98. The minimum atomic E-state index is -4.55. The fraction of sp³-hybridized carbons (Fsp3) is 0.100. The van der Waals surface area contributed by atoms with E-state index in [1.165, 1.54) is 31.2 Å². The summed E-state index contributed by atoms with van der Waals surface area (Å²) in [6.07, 6.45) is -4.55. The molecule has 0 aliphatic heterocycles. The lowest BCUT2D eigenvalue weighted by Crippen LogP contribution is -2.16. The molecule has 0 unspecified atom stereocenters. The molecule has 1 aromatic heterocycles. The zero-order chi connectivity index (χ0) is 21.0. The molecule has 0 atom stereocenters. The van der Waals surface area contributed by atoms with E-state index in [0.717, 1.165) is 6.07 Å². The molecule has 2 aromatic carbocycles. The van der Waals surface area contributed by atoms with Crippen LogP contribution in [0, 0.1) is 18.3 Å². The van der Waals surface area contributed by atoms with Crippen molar-refractivity contribution in [3.63, 3.8) is 0 Å². The highest BCUT2D eigenvalue weighted by Crippen LogP contribution is 2.35. The van der Waals surface area contributed by atoms with E-state index in [1.807, 2.05) is 6.07 Å². The molecule has 0 radical (unpaired) electrons. The third kappa shape index (κ3) is 4.68. The number of para-hydroxylation sites is 2. The Hall–Kier alpha value is -3.93. The number of halogens is 3. The van der Waals surface area contributed by atoms with E-state index in [2.05, 4.69) is 20.6 Å². The smallest absolute Gasteiger partial charge is 0.340 e. The van der Waals surface area contributed by atoms with Gasteiger partial charge in [-0.2, -0.15) is 18.4 Å². The van der Waals surface area contributed by atoms with Gasteiger partial charge in [0.1, 0.15) is 23.4 Å². The molecule has 3 rings (SSSR count). The van der Waals surface area contributed by atoms with E-state index >= 15 is 0 Å². The molecular weight excluding hydrogens is 383 g/mol. The van der Waals surface area contributed by atoms with Crippen LogP contribution >= 0.6 is 0 Å². The molecule has 0 aliphatic rings. The number of hydrogen-bond acceptors (Lipinski definition) is 5. The van der Waals surface area contributed by atoms with Crippen molar-refractivity contribution in [3.05, 3.63) is 77.2 Å². The standard InChI is InChI=1S/C20H14F3N5O/c1-12-25-17(19(29)28-15-8-4-2-6-13(15)11-24)10-18(26-12)27-16-9-5-3-7-14(16)20(21,22)23/h2-10H,1H3,(H,28,29)(H,25,26,27). The van der Waals surface area contributed by atoms with Crippen LogP contribution in [0.15, 0.2) is 54.6 Å². The summed E-state index contributed by atoms with van der Waals surface area (Å²) >= 11 is 0. The number of aryl methyl sites for hydroxylation is 1. The molecular formula is C20H14F3N5O. The van der Waals surface area contributed by atoms with Gasteiger partial charge < -0.3 is 10.6 Å². The second-order valence-electron chi connectivity index (χ2n) is 5.97. The highest BCUT2D eigenvalue weighted by molar-refractivity contribution is 6.04. The average molecular weight is 397 g/mol. The van der Waals surface area contributed by atoms with Crippen LogP contribution in [0.1, 0.15) is 27.4 Å². The third-order valence-corrected chi connectivity index (χ3v) is 3.86. The van der Waals surface area contributed by atoms with E-state index in [0.29, 0.717) is 5.69 Å². The number of carbonyl (C=O) groups is 1. The van der Waals surface area contributed by atoms with Gasteiger partial charge in [0.2, 0.25) is 0 Å². The summed E-state index contributed by atoms with van der Waals surface area (Å²) in [7, 11) is 0. The number of hydrogen-bond donors (Lipinski definition) is 2. The molecule has 0 spiro atoms. The van der Waals surface area contributed by atoms with Gasteiger partial charge in [-0.05, 0) is 31.2 Å². The van der Waals surface area contributed by atoms with E-state index in [9.17, 15) is 18.0 Å². The van der Waals surface area contributed by atoms with Crippen LogP contribution < -0.4 is 10.6 Å². The summed E-state index contributed by atoms with van der Waals surface area (Å²) in [6.45, 7) is 1.51. The molecule has 0 bridgehead atoms. The normalized spacial score (nSPS) is 10.9. The molecule has 29 heavy (non-hydrogen) atoms. The van der Waals surface area contributed by atoms with Crippen molar-refractivity contribution < 1.29 is 18.0 Å². The van der Waals surface area contributed by atoms with Crippen LogP contribution in [0.5, 0.6) is 0 Å². The Balaban J connectivity index is 1.90. The fourth-order valence-corrected chi connectivity index (χ4v) is 2.60. The molecule has 0 fully saturated rings. The Bertz CT molecular complexity index is 1110. The number of nitrogens with zero attached hydrogens (tertiary/aromatic N) is 3. The fourth-order valence-electron chi connectivity index (χ4n) is 2.60. The molecule has 1 heterocycles. The summed E-state index contributed by atoms with van der Waals surface area (Å²) in [5, 5.41) is 14.3. The molecule has 1 amide bonds. The molecule has 6 nitrogen and oxygen atoms in total. The predicted octanol–water partition coefficient (Wildman–Crippen LogP) is 4.67. The van der Waals surface area contributed by atoms with Crippen molar-refractivity contribution in [3.8, 4) is 6.07 Å². The number of nitrogens with one attached hydrogen (secondary N) is 2. The van der Waals surface area contributed by atoms with Gasteiger partial charge in [-0.25, -0.2) is 9.97 Å². The first kappa shape index (κ1) is 19.8. The van der Waals surface area contributed by atoms with Crippen molar-refractivity contribution in [1.29, 1.82) is 5.26 Å². The van der Waals surface area contributed by atoms with Crippen LogP contribution in [-0.4, -0.2) is 15.9 Å². The van der Waals surface area contributed by atoms with Gasteiger partial charge in [-0.3, -0.25) is 4.79 Å². The van der Waals surface area contributed by atoms with Gasteiger partial charge in [-0.1, -0.05) is 24.3 Å². The summed E-state index contributed by atoms with van der Waals surface area (Å²) in [5.74, 6) is -0.392. The number of carbonyl (C=O) groups excluding carboxylic acids is 1. The maximum atomic E-state index is 13.2. The number of nitriles is 1. The van der Waals surface area contributed by atoms with Crippen LogP contribution in [0.25, 0.3) is 0 Å². The number of benzene rings is 2. The molecule has 9 heteroatoms. The van der Waals surface area contributed by atoms with Crippen LogP contribution in [0.3, 0.4) is 0 Å². The van der Waals surface area contributed by atoms with E-state index in [-0.39, 0.29) is 28.6 Å². The Labute approximate surface area is 164 Å². The second-order valence-corrected chi connectivity index (χ2v) is 5.97. The number of alkyl halides is 3. The highest BCUT2D eigenvalue weighted by Gasteiger charge is 2.33. The Morgan fingerprint density at radius 2 is 1.69 bits per heavy atom.